The van der Waals surface area contributed by atoms with Gasteiger partial charge in [0.25, 0.3) is 0 Å². The van der Waals surface area contributed by atoms with Gasteiger partial charge in [-0.2, -0.15) is 0 Å². The lowest BCUT2D eigenvalue weighted by atomic mass is 10.1. The van der Waals surface area contributed by atoms with E-state index in [1.807, 2.05) is 54.6 Å². The van der Waals surface area contributed by atoms with E-state index < -0.39 is 5.92 Å². The minimum atomic E-state index is -0.415. The summed E-state index contributed by atoms with van der Waals surface area (Å²) in [5.74, 6) is 0.638. The molecule has 0 aromatic heterocycles. The van der Waals surface area contributed by atoms with Crippen LogP contribution in [0.1, 0.15) is 18.9 Å². The van der Waals surface area contributed by atoms with Gasteiger partial charge in [0.2, 0.25) is 5.91 Å². The Morgan fingerprint density at radius 3 is 2.25 bits per heavy atom. The van der Waals surface area contributed by atoms with Crippen molar-refractivity contribution in [1.29, 1.82) is 0 Å². The number of methoxy groups -OCH3 is 2. The summed E-state index contributed by atoms with van der Waals surface area (Å²) in [6.07, 6.45) is 0.221. The summed E-state index contributed by atoms with van der Waals surface area (Å²) in [6.45, 7) is 2.70. The van der Waals surface area contributed by atoms with Crippen LogP contribution < -0.4 is 9.47 Å². The Kier molecular flexibility index (Phi) is 8.34. The molecule has 0 bridgehead atoms. The molecular weight excluding hydrogens is 358 g/mol. The molecule has 0 spiro atoms. The highest BCUT2D eigenvalue weighted by molar-refractivity contribution is 5.78. The van der Waals surface area contributed by atoms with Crippen molar-refractivity contribution in [2.45, 2.75) is 19.9 Å². The minimum absolute atomic E-state index is 0.0810. The maximum Gasteiger partial charge on any atom is 0.310 e. The van der Waals surface area contributed by atoms with Gasteiger partial charge in [-0.15, -0.1) is 0 Å². The van der Waals surface area contributed by atoms with Gasteiger partial charge in [0, 0.05) is 13.1 Å². The predicted molar refractivity (Wildman–Crippen MR) is 106 cm³/mol. The number of para-hydroxylation sites is 1. The van der Waals surface area contributed by atoms with Gasteiger partial charge in [-0.05, 0) is 29.8 Å². The Hall–Kier alpha value is -3.02. The van der Waals surface area contributed by atoms with Crippen LogP contribution >= 0.6 is 0 Å². The first-order valence-electron chi connectivity index (χ1n) is 9.20. The number of hydrogen-bond donors (Lipinski definition) is 0. The number of esters is 1. The quantitative estimate of drug-likeness (QED) is 0.587. The fourth-order valence-electron chi connectivity index (χ4n) is 2.74. The highest BCUT2D eigenvalue weighted by Gasteiger charge is 2.22. The van der Waals surface area contributed by atoms with Crippen LogP contribution in [0.15, 0.2) is 54.6 Å². The minimum Gasteiger partial charge on any atom is -0.497 e. The van der Waals surface area contributed by atoms with E-state index in [0.717, 1.165) is 17.1 Å². The van der Waals surface area contributed by atoms with E-state index in [-0.39, 0.29) is 31.4 Å². The van der Waals surface area contributed by atoms with Crippen LogP contribution in [-0.2, 0) is 20.9 Å². The summed E-state index contributed by atoms with van der Waals surface area (Å²) in [7, 11) is 2.96. The molecule has 1 amide bonds. The molecule has 0 aliphatic carbocycles. The first-order chi connectivity index (χ1) is 13.5. The van der Waals surface area contributed by atoms with Crippen molar-refractivity contribution >= 4 is 11.9 Å². The zero-order valence-corrected chi connectivity index (χ0v) is 16.6. The Bertz CT molecular complexity index is 745. The van der Waals surface area contributed by atoms with E-state index in [1.54, 1.807) is 18.9 Å². The summed E-state index contributed by atoms with van der Waals surface area (Å²) >= 11 is 0. The van der Waals surface area contributed by atoms with Gasteiger partial charge < -0.3 is 19.1 Å². The number of amides is 1. The Morgan fingerprint density at radius 1 is 0.964 bits per heavy atom. The third kappa shape index (κ3) is 6.61. The third-order valence-electron chi connectivity index (χ3n) is 4.31. The monoisotopic (exact) mass is 385 g/mol. The van der Waals surface area contributed by atoms with E-state index in [4.69, 9.17) is 14.2 Å². The Morgan fingerprint density at radius 2 is 1.64 bits per heavy atom. The van der Waals surface area contributed by atoms with E-state index in [1.165, 1.54) is 7.11 Å². The van der Waals surface area contributed by atoms with Crippen LogP contribution in [0, 0.1) is 5.92 Å². The maximum atomic E-state index is 12.8. The van der Waals surface area contributed by atoms with Gasteiger partial charge in [-0.25, -0.2) is 0 Å². The van der Waals surface area contributed by atoms with Gasteiger partial charge in [0.05, 0.1) is 33.2 Å². The fourth-order valence-corrected chi connectivity index (χ4v) is 2.74. The lowest BCUT2D eigenvalue weighted by Gasteiger charge is -2.25. The van der Waals surface area contributed by atoms with Crippen molar-refractivity contribution < 1.29 is 23.8 Å². The van der Waals surface area contributed by atoms with E-state index >= 15 is 0 Å². The van der Waals surface area contributed by atoms with Crippen molar-refractivity contribution in [2.75, 3.05) is 27.4 Å². The highest BCUT2D eigenvalue weighted by Crippen LogP contribution is 2.15. The second-order valence-electron chi connectivity index (χ2n) is 6.46. The largest absolute Gasteiger partial charge is 0.497 e. The number of carbonyl (C=O) groups excluding carboxylic acids is 2. The Labute approximate surface area is 166 Å². The smallest absolute Gasteiger partial charge is 0.310 e. The summed E-state index contributed by atoms with van der Waals surface area (Å²) in [5, 5.41) is 0. The van der Waals surface area contributed by atoms with Gasteiger partial charge in [0.1, 0.15) is 11.5 Å². The Balaban J connectivity index is 2.00. The van der Waals surface area contributed by atoms with Crippen LogP contribution in [0.3, 0.4) is 0 Å². The molecule has 0 N–H and O–H groups in total. The number of hydrogen-bond acceptors (Lipinski definition) is 5. The molecule has 6 nitrogen and oxygen atoms in total. The lowest BCUT2D eigenvalue weighted by Crippen LogP contribution is -2.37. The third-order valence-corrected chi connectivity index (χ3v) is 4.31. The zero-order chi connectivity index (χ0) is 20.4. The number of benzene rings is 2. The molecule has 0 aliphatic heterocycles. The summed E-state index contributed by atoms with van der Waals surface area (Å²) < 4.78 is 15.6. The summed E-state index contributed by atoms with van der Waals surface area (Å²) in [6, 6.07) is 16.9. The molecule has 2 rings (SSSR count). The number of ether oxygens (including phenoxy) is 3. The maximum absolute atomic E-state index is 12.8. The van der Waals surface area contributed by atoms with Crippen molar-refractivity contribution in [1.82, 2.24) is 4.90 Å². The predicted octanol–water partition coefficient (Wildman–Crippen LogP) is 3.30. The lowest BCUT2D eigenvalue weighted by molar-refractivity contribution is -0.146. The SMILES string of the molecule is COC(=O)C(C)CN(Cc1ccc(OC)cc1)C(=O)CCOc1ccccc1. The van der Waals surface area contributed by atoms with Crippen molar-refractivity contribution in [2.24, 2.45) is 5.92 Å². The average molecular weight is 385 g/mol. The fraction of sp³-hybridized carbons (Fsp3) is 0.364. The first-order valence-corrected chi connectivity index (χ1v) is 9.20. The molecule has 1 unspecified atom stereocenters. The van der Waals surface area contributed by atoms with Crippen LogP contribution in [0.5, 0.6) is 11.5 Å². The summed E-state index contributed by atoms with van der Waals surface area (Å²) in [5.41, 5.74) is 0.954. The number of rotatable bonds is 10. The highest BCUT2D eigenvalue weighted by atomic mass is 16.5. The second kappa shape index (κ2) is 11.0. The van der Waals surface area contributed by atoms with Crippen LogP contribution in [0.2, 0.25) is 0 Å². The molecule has 0 saturated heterocycles. The molecule has 6 heteroatoms. The van der Waals surface area contributed by atoms with Crippen LogP contribution in [0.4, 0.5) is 0 Å². The molecule has 2 aromatic carbocycles. The molecule has 0 fully saturated rings. The van der Waals surface area contributed by atoms with E-state index in [0.29, 0.717) is 6.54 Å². The van der Waals surface area contributed by atoms with Crippen molar-refractivity contribution in [3.05, 3.63) is 60.2 Å². The first kappa shape index (κ1) is 21.3. The van der Waals surface area contributed by atoms with Gasteiger partial charge in [-0.1, -0.05) is 37.3 Å². The molecular formula is C22H27NO5. The molecule has 0 aliphatic rings. The summed E-state index contributed by atoms with van der Waals surface area (Å²) in [4.78, 5) is 26.2. The second-order valence-corrected chi connectivity index (χ2v) is 6.46. The van der Waals surface area contributed by atoms with E-state index in [9.17, 15) is 9.59 Å². The molecule has 0 radical (unpaired) electrons. The van der Waals surface area contributed by atoms with Crippen LogP contribution in [-0.4, -0.2) is 44.1 Å². The number of nitrogens with zero attached hydrogens (tertiary/aromatic N) is 1. The molecule has 150 valence electrons. The molecule has 2 aromatic rings. The molecule has 28 heavy (non-hydrogen) atoms. The standard InChI is InChI=1S/C22H27NO5/c1-17(22(25)27-3)15-23(16-18-9-11-19(26-2)12-10-18)21(24)13-14-28-20-7-5-4-6-8-20/h4-12,17H,13-16H2,1-3H3. The molecule has 0 saturated carbocycles. The molecule has 0 heterocycles. The normalized spacial score (nSPS) is 11.4. The van der Waals surface area contributed by atoms with Gasteiger partial charge in [0.15, 0.2) is 0 Å². The zero-order valence-electron chi connectivity index (χ0n) is 16.6. The van der Waals surface area contributed by atoms with Gasteiger partial charge in [-0.3, -0.25) is 9.59 Å². The van der Waals surface area contributed by atoms with E-state index in [2.05, 4.69) is 0 Å². The van der Waals surface area contributed by atoms with Crippen LogP contribution in [0.25, 0.3) is 0 Å². The van der Waals surface area contributed by atoms with Gasteiger partial charge >= 0.3 is 5.97 Å². The topological polar surface area (TPSA) is 65.1 Å². The van der Waals surface area contributed by atoms with Crippen molar-refractivity contribution in [3.8, 4) is 11.5 Å². The molecule has 1 atom stereocenters. The van der Waals surface area contributed by atoms with Crippen molar-refractivity contribution in [3.63, 3.8) is 0 Å². The average Bonchev–Trinajstić information content (AvgIpc) is 2.73. The number of carbonyl (C=O) groups is 2.